The van der Waals surface area contributed by atoms with Crippen LogP contribution < -0.4 is 21.0 Å². The number of thiazole rings is 1. The van der Waals surface area contributed by atoms with Crippen LogP contribution in [0.1, 0.15) is 23.2 Å². The number of carbonyl (C=O) groups is 1. The molecule has 2 N–H and O–H groups in total. The predicted octanol–water partition coefficient (Wildman–Crippen LogP) is 2.35. The monoisotopic (exact) mass is 511 g/mol. The van der Waals surface area contributed by atoms with E-state index in [4.69, 9.17) is 16.6 Å². The lowest BCUT2D eigenvalue weighted by Gasteiger charge is -2.27. The van der Waals surface area contributed by atoms with E-state index in [0.717, 1.165) is 56.0 Å². The molecule has 1 aromatic carbocycles. The summed E-state index contributed by atoms with van der Waals surface area (Å²) >= 11 is 7.75. The van der Waals surface area contributed by atoms with Gasteiger partial charge in [-0.25, -0.2) is 4.98 Å². The molecule has 0 spiro atoms. The molecule has 0 atom stereocenters. The van der Waals surface area contributed by atoms with Crippen LogP contribution in [0.2, 0.25) is 5.02 Å². The molecule has 0 radical (unpaired) electrons. The van der Waals surface area contributed by atoms with Crippen molar-refractivity contribution in [2.24, 2.45) is 0 Å². The maximum absolute atomic E-state index is 13.6. The summed E-state index contributed by atoms with van der Waals surface area (Å²) in [6.45, 7) is 6.68. The number of fused-ring (bicyclic) bond motifs is 5. The van der Waals surface area contributed by atoms with Crippen LogP contribution in [0.5, 0.6) is 0 Å². The number of halogens is 1. The highest BCUT2D eigenvalue weighted by atomic mass is 35.5. The maximum atomic E-state index is 13.6. The predicted molar refractivity (Wildman–Crippen MR) is 140 cm³/mol. The van der Waals surface area contributed by atoms with Crippen LogP contribution in [0.4, 0.5) is 5.95 Å². The molecule has 11 heteroatoms. The quantitative estimate of drug-likeness (QED) is 0.424. The van der Waals surface area contributed by atoms with Gasteiger partial charge >= 0.3 is 0 Å². The summed E-state index contributed by atoms with van der Waals surface area (Å²) in [5, 5.41) is 7.21. The molecule has 5 heterocycles. The number of hydrogen-bond acceptors (Lipinski definition) is 8. The van der Waals surface area contributed by atoms with Gasteiger partial charge in [0.25, 0.3) is 5.91 Å². The largest absolute Gasteiger partial charge is 0.351 e. The minimum absolute atomic E-state index is 0.134. The Kier molecular flexibility index (Phi) is 6.05. The summed E-state index contributed by atoms with van der Waals surface area (Å²) in [5.74, 6) is 0.217. The van der Waals surface area contributed by atoms with Crippen molar-refractivity contribution in [3.05, 3.63) is 45.2 Å². The van der Waals surface area contributed by atoms with Gasteiger partial charge < -0.3 is 20.4 Å². The molecule has 0 saturated carbocycles. The number of likely N-dealkylation sites (tertiary alicyclic amines) is 1. The fraction of sp³-hybridized carbons (Fsp3) is 0.417. The lowest BCUT2D eigenvalue weighted by molar-refractivity contribution is 0.0950. The molecular formula is C24H26ClN7O2S. The molecule has 4 aromatic rings. The highest BCUT2D eigenvalue weighted by Gasteiger charge is 2.24. The van der Waals surface area contributed by atoms with E-state index in [9.17, 15) is 9.59 Å². The second-order valence-electron chi connectivity index (χ2n) is 9.01. The lowest BCUT2D eigenvalue weighted by Crippen LogP contribution is -2.44. The zero-order chi connectivity index (χ0) is 23.9. The number of rotatable bonds is 5. The fourth-order valence-electron chi connectivity index (χ4n) is 4.95. The number of piperazine rings is 1. The first-order valence-corrected chi connectivity index (χ1v) is 13.2. The van der Waals surface area contributed by atoms with E-state index in [1.165, 1.54) is 24.2 Å². The average Bonchev–Trinajstić information content (AvgIpc) is 3.52. The molecule has 0 aliphatic carbocycles. The van der Waals surface area contributed by atoms with Crippen molar-refractivity contribution in [3.8, 4) is 0 Å². The number of amides is 1. The van der Waals surface area contributed by atoms with Gasteiger partial charge in [-0.2, -0.15) is 4.98 Å². The Morgan fingerprint density at radius 3 is 2.77 bits per heavy atom. The first-order chi connectivity index (χ1) is 17.1. The summed E-state index contributed by atoms with van der Waals surface area (Å²) < 4.78 is 2.82. The Bertz CT molecular complexity index is 1490. The van der Waals surface area contributed by atoms with E-state index >= 15 is 0 Å². The van der Waals surface area contributed by atoms with Crippen LogP contribution in [0.25, 0.3) is 26.1 Å². The van der Waals surface area contributed by atoms with Gasteiger partial charge in [-0.15, -0.1) is 11.3 Å². The van der Waals surface area contributed by atoms with Gasteiger partial charge in [0.1, 0.15) is 10.4 Å². The van der Waals surface area contributed by atoms with Crippen molar-refractivity contribution >= 4 is 60.9 Å². The number of aromatic nitrogens is 3. The van der Waals surface area contributed by atoms with Crippen LogP contribution in [-0.4, -0.2) is 77.5 Å². The molecule has 182 valence electrons. The minimum Gasteiger partial charge on any atom is -0.351 e. The van der Waals surface area contributed by atoms with E-state index in [2.05, 4.69) is 25.4 Å². The molecule has 1 amide bonds. The van der Waals surface area contributed by atoms with Crippen molar-refractivity contribution < 1.29 is 4.79 Å². The van der Waals surface area contributed by atoms with Gasteiger partial charge in [-0.05, 0) is 44.1 Å². The standard InChI is InChI=1S/C24H26ClN7O2S/c25-15-3-4-18-17(13-15)32-21-16(14-28-24(29-21)31-11-5-26-6-12-31)20(33)19(23(32)35-18)22(34)27-7-10-30-8-1-2-9-30/h3-4,13-14,26H,1-2,5-12H2,(H,27,34). The molecule has 2 saturated heterocycles. The number of carbonyl (C=O) groups excluding carboxylic acids is 1. The third-order valence-electron chi connectivity index (χ3n) is 6.76. The second-order valence-corrected chi connectivity index (χ2v) is 10.5. The summed E-state index contributed by atoms with van der Waals surface area (Å²) in [6, 6.07) is 5.59. The zero-order valence-corrected chi connectivity index (χ0v) is 20.8. The Balaban J connectivity index is 1.49. The van der Waals surface area contributed by atoms with E-state index in [-0.39, 0.29) is 16.9 Å². The number of nitrogens with zero attached hydrogens (tertiary/aromatic N) is 5. The molecule has 2 aliphatic rings. The first-order valence-electron chi connectivity index (χ1n) is 12.0. The van der Waals surface area contributed by atoms with Crippen molar-refractivity contribution in [1.82, 2.24) is 29.9 Å². The first kappa shape index (κ1) is 22.7. The van der Waals surface area contributed by atoms with Gasteiger partial charge in [0.05, 0.1) is 15.6 Å². The van der Waals surface area contributed by atoms with Crippen LogP contribution >= 0.6 is 22.9 Å². The normalized spacial score (nSPS) is 17.1. The summed E-state index contributed by atoms with van der Waals surface area (Å²) in [6.07, 6.45) is 3.95. The average molecular weight is 512 g/mol. The van der Waals surface area contributed by atoms with E-state index in [1.807, 2.05) is 22.6 Å². The molecule has 2 fully saturated rings. The van der Waals surface area contributed by atoms with Crippen LogP contribution in [-0.2, 0) is 0 Å². The van der Waals surface area contributed by atoms with Crippen LogP contribution in [0.15, 0.2) is 29.2 Å². The molecule has 35 heavy (non-hydrogen) atoms. The summed E-state index contributed by atoms with van der Waals surface area (Å²) in [4.78, 5) is 41.3. The third-order valence-corrected chi connectivity index (χ3v) is 8.14. The maximum Gasteiger partial charge on any atom is 0.258 e. The molecule has 3 aromatic heterocycles. The van der Waals surface area contributed by atoms with Crippen LogP contribution in [0.3, 0.4) is 0 Å². The molecule has 6 rings (SSSR count). The van der Waals surface area contributed by atoms with Crippen molar-refractivity contribution in [1.29, 1.82) is 0 Å². The minimum atomic E-state index is -0.363. The highest BCUT2D eigenvalue weighted by Crippen LogP contribution is 2.32. The van der Waals surface area contributed by atoms with E-state index < -0.39 is 0 Å². The Labute approximate surface area is 210 Å². The smallest absolute Gasteiger partial charge is 0.258 e. The number of anilines is 1. The van der Waals surface area contributed by atoms with Crippen LogP contribution in [0, 0.1) is 0 Å². The van der Waals surface area contributed by atoms with E-state index in [1.54, 1.807) is 6.20 Å². The Morgan fingerprint density at radius 2 is 1.97 bits per heavy atom. The molecule has 0 bridgehead atoms. The second kappa shape index (κ2) is 9.34. The molecule has 9 nitrogen and oxygen atoms in total. The van der Waals surface area contributed by atoms with E-state index in [0.29, 0.717) is 33.4 Å². The molecular weight excluding hydrogens is 486 g/mol. The SMILES string of the molecule is O=C(NCCN1CCCC1)c1c(=O)c2cnc(N3CCNCC3)nc2n2c1sc1ccc(Cl)cc12. The van der Waals surface area contributed by atoms with Gasteiger partial charge in [-0.1, -0.05) is 11.6 Å². The van der Waals surface area contributed by atoms with Crippen molar-refractivity contribution in [2.75, 3.05) is 57.3 Å². The Morgan fingerprint density at radius 1 is 1.17 bits per heavy atom. The van der Waals surface area contributed by atoms with Gasteiger partial charge in [0.15, 0.2) is 5.65 Å². The Hall–Kier alpha value is -2.79. The topological polar surface area (TPSA) is 94.9 Å². The third kappa shape index (κ3) is 4.14. The highest BCUT2D eigenvalue weighted by molar-refractivity contribution is 7.24. The van der Waals surface area contributed by atoms with Gasteiger partial charge in [-0.3, -0.25) is 14.0 Å². The van der Waals surface area contributed by atoms with Gasteiger partial charge in [0, 0.05) is 50.5 Å². The lowest BCUT2D eigenvalue weighted by atomic mass is 10.2. The summed E-state index contributed by atoms with van der Waals surface area (Å²) in [7, 11) is 0. The molecule has 0 unspecified atom stereocenters. The van der Waals surface area contributed by atoms with Gasteiger partial charge in [0.2, 0.25) is 11.4 Å². The fourth-order valence-corrected chi connectivity index (χ4v) is 6.28. The number of pyridine rings is 1. The zero-order valence-electron chi connectivity index (χ0n) is 19.2. The summed E-state index contributed by atoms with van der Waals surface area (Å²) in [5.41, 5.74) is 1.10. The van der Waals surface area contributed by atoms with Crippen molar-refractivity contribution in [2.45, 2.75) is 12.8 Å². The molecule has 2 aliphatic heterocycles. The number of nitrogens with one attached hydrogen (secondary N) is 2. The van der Waals surface area contributed by atoms with Crippen molar-refractivity contribution in [3.63, 3.8) is 0 Å². The number of hydrogen-bond donors (Lipinski definition) is 2. The number of benzene rings is 1.